The molecule has 0 aromatic carbocycles. The summed E-state index contributed by atoms with van der Waals surface area (Å²) in [6.07, 6.45) is -3.13. The predicted octanol–water partition coefficient (Wildman–Crippen LogP) is 3.84. The molecule has 4 nitrogen and oxygen atoms in total. The maximum atomic E-state index is 12.7. The summed E-state index contributed by atoms with van der Waals surface area (Å²) in [5.41, 5.74) is 0.813. The number of hydrogen-bond acceptors (Lipinski definition) is 6. The maximum Gasteiger partial charge on any atom is 0.443 e. The Kier molecular flexibility index (Phi) is 4.95. The van der Waals surface area contributed by atoms with Gasteiger partial charge in [0, 0.05) is 11.1 Å². The molecule has 1 atom stereocenters. The summed E-state index contributed by atoms with van der Waals surface area (Å²) in [4.78, 5) is 4.87. The Morgan fingerprint density at radius 3 is 2.57 bits per heavy atom. The number of hydrogen-bond donors (Lipinski definition) is 1. The van der Waals surface area contributed by atoms with E-state index in [1.54, 1.807) is 0 Å². The van der Waals surface area contributed by atoms with Gasteiger partial charge < -0.3 is 5.32 Å². The fourth-order valence-corrected chi connectivity index (χ4v) is 3.73. The van der Waals surface area contributed by atoms with Crippen LogP contribution < -0.4 is 5.32 Å². The van der Waals surface area contributed by atoms with E-state index in [2.05, 4.69) is 19.9 Å². The van der Waals surface area contributed by atoms with Crippen molar-refractivity contribution < 1.29 is 13.2 Å². The van der Waals surface area contributed by atoms with Crippen LogP contribution in [0.3, 0.4) is 0 Å². The second-order valence-electron chi connectivity index (χ2n) is 4.73. The normalized spacial score (nSPS) is 13.9. The topological polar surface area (TPSA) is 50.7 Å². The smallest absolute Gasteiger partial charge is 0.305 e. The molecular formula is C12H15F3N4S2. The maximum absolute atomic E-state index is 12.7. The quantitative estimate of drug-likeness (QED) is 0.901. The largest absolute Gasteiger partial charge is 0.443 e. The Bertz CT molecular complexity index is 591. The minimum Gasteiger partial charge on any atom is -0.305 e. The van der Waals surface area contributed by atoms with Crippen molar-refractivity contribution in [2.45, 2.75) is 38.9 Å². The standard InChI is InChI=1S/C12H15F3N4S2/c1-4-16-9(10-8(6(2)3)18-19-21-10)7-5-17-11(20-7)12(13,14)15/h5-6,9,16H,4H2,1-3H3. The molecule has 0 fully saturated rings. The van der Waals surface area contributed by atoms with Crippen LogP contribution in [0.4, 0.5) is 13.2 Å². The first-order chi connectivity index (χ1) is 9.84. The molecule has 21 heavy (non-hydrogen) atoms. The molecule has 0 aliphatic heterocycles. The molecule has 1 N–H and O–H groups in total. The van der Waals surface area contributed by atoms with Crippen molar-refractivity contribution in [3.63, 3.8) is 0 Å². The molecule has 1 unspecified atom stereocenters. The number of alkyl halides is 3. The third-order valence-electron chi connectivity index (χ3n) is 2.81. The van der Waals surface area contributed by atoms with E-state index in [0.29, 0.717) is 22.8 Å². The minimum absolute atomic E-state index is 0.162. The van der Waals surface area contributed by atoms with Crippen molar-refractivity contribution in [1.29, 1.82) is 0 Å². The molecule has 116 valence electrons. The van der Waals surface area contributed by atoms with Crippen LogP contribution in [0.15, 0.2) is 6.20 Å². The van der Waals surface area contributed by atoms with E-state index in [0.717, 1.165) is 10.6 Å². The van der Waals surface area contributed by atoms with E-state index < -0.39 is 11.2 Å². The summed E-state index contributed by atoms with van der Waals surface area (Å²) in [5.74, 6) is 0.162. The van der Waals surface area contributed by atoms with Gasteiger partial charge in [-0.2, -0.15) is 13.2 Å². The molecular weight excluding hydrogens is 321 g/mol. The van der Waals surface area contributed by atoms with Gasteiger partial charge in [0.2, 0.25) is 0 Å². The van der Waals surface area contributed by atoms with Gasteiger partial charge in [0.05, 0.1) is 16.6 Å². The molecule has 0 amide bonds. The number of thiazole rings is 1. The lowest BCUT2D eigenvalue weighted by Gasteiger charge is -2.16. The summed E-state index contributed by atoms with van der Waals surface area (Å²) in [6.45, 7) is 6.50. The second kappa shape index (κ2) is 6.37. The van der Waals surface area contributed by atoms with Gasteiger partial charge >= 0.3 is 6.18 Å². The van der Waals surface area contributed by atoms with Crippen LogP contribution in [0.2, 0.25) is 0 Å². The van der Waals surface area contributed by atoms with Gasteiger partial charge in [-0.15, -0.1) is 16.4 Å². The number of halogens is 3. The zero-order valence-electron chi connectivity index (χ0n) is 11.7. The summed E-state index contributed by atoms with van der Waals surface area (Å²) < 4.78 is 42.1. The first-order valence-corrected chi connectivity index (χ1v) is 8.02. The van der Waals surface area contributed by atoms with E-state index in [4.69, 9.17) is 0 Å². The molecule has 2 aromatic rings. The molecule has 0 bridgehead atoms. The molecule has 0 radical (unpaired) electrons. The van der Waals surface area contributed by atoms with E-state index in [1.807, 2.05) is 20.8 Å². The Morgan fingerprint density at radius 1 is 1.33 bits per heavy atom. The predicted molar refractivity (Wildman–Crippen MR) is 76.6 cm³/mol. The highest BCUT2D eigenvalue weighted by Crippen LogP contribution is 2.38. The van der Waals surface area contributed by atoms with Crippen LogP contribution in [0.25, 0.3) is 0 Å². The van der Waals surface area contributed by atoms with E-state index in [9.17, 15) is 13.2 Å². The molecule has 0 saturated heterocycles. The van der Waals surface area contributed by atoms with Gasteiger partial charge in [-0.05, 0) is 24.0 Å². The molecule has 9 heteroatoms. The molecule has 2 aromatic heterocycles. The summed E-state index contributed by atoms with van der Waals surface area (Å²) in [7, 11) is 0. The van der Waals surface area contributed by atoms with Gasteiger partial charge in [0.15, 0.2) is 5.01 Å². The fourth-order valence-electron chi connectivity index (χ4n) is 1.88. The zero-order valence-corrected chi connectivity index (χ0v) is 13.4. The SMILES string of the molecule is CCNC(c1cnc(C(F)(F)F)s1)c1snnc1C(C)C. The van der Waals surface area contributed by atoms with Crippen LogP contribution in [-0.4, -0.2) is 21.1 Å². The molecule has 0 aliphatic rings. The van der Waals surface area contributed by atoms with Crippen LogP contribution in [-0.2, 0) is 6.18 Å². The van der Waals surface area contributed by atoms with Gasteiger partial charge in [-0.3, -0.25) is 0 Å². The zero-order chi connectivity index (χ0) is 15.6. The lowest BCUT2D eigenvalue weighted by Crippen LogP contribution is -2.21. The molecule has 0 saturated carbocycles. The van der Waals surface area contributed by atoms with Crippen molar-refractivity contribution in [2.75, 3.05) is 6.54 Å². The highest BCUT2D eigenvalue weighted by atomic mass is 32.1. The number of nitrogens with one attached hydrogen (secondary N) is 1. The van der Waals surface area contributed by atoms with E-state index in [-0.39, 0.29) is 12.0 Å². The van der Waals surface area contributed by atoms with Crippen LogP contribution in [0.1, 0.15) is 53.2 Å². The third kappa shape index (κ3) is 3.58. The monoisotopic (exact) mass is 336 g/mol. The van der Waals surface area contributed by atoms with Crippen LogP contribution in [0.5, 0.6) is 0 Å². The first kappa shape index (κ1) is 16.3. The van der Waals surface area contributed by atoms with Crippen LogP contribution >= 0.6 is 22.9 Å². The van der Waals surface area contributed by atoms with Crippen molar-refractivity contribution in [2.24, 2.45) is 0 Å². The summed E-state index contributed by atoms with van der Waals surface area (Å²) in [6, 6.07) is -0.346. The number of aromatic nitrogens is 3. The average molecular weight is 336 g/mol. The summed E-state index contributed by atoms with van der Waals surface area (Å²) >= 11 is 1.87. The van der Waals surface area contributed by atoms with E-state index in [1.165, 1.54) is 17.7 Å². The van der Waals surface area contributed by atoms with Crippen molar-refractivity contribution in [3.05, 3.63) is 26.7 Å². The Balaban J connectivity index is 2.39. The Hall–Kier alpha value is -1.06. The van der Waals surface area contributed by atoms with Gasteiger partial charge in [0.1, 0.15) is 0 Å². The Morgan fingerprint density at radius 2 is 2.05 bits per heavy atom. The van der Waals surface area contributed by atoms with Crippen LogP contribution in [0, 0.1) is 0 Å². The Labute approximate surface area is 128 Å². The second-order valence-corrected chi connectivity index (χ2v) is 6.58. The number of nitrogens with zero attached hydrogens (tertiary/aromatic N) is 3. The lowest BCUT2D eigenvalue weighted by molar-refractivity contribution is -0.137. The van der Waals surface area contributed by atoms with Gasteiger partial charge in [0.25, 0.3) is 0 Å². The average Bonchev–Trinajstić information content (AvgIpc) is 3.04. The third-order valence-corrected chi connectivity index (χ3v) is 4.72. The molecule has 0 aliphatic carbocycles. The first-order valence-electron chi connectivity index (χ1n) is 6.43. The molecule has 0 spiro atoms. The van der Waals surface area contributed by atoms with Crippen molar-refractivity contribution in [3.8, 4) is 0 Å². The summed E-state index contributed by atoms with van der Waals surface area (Å²) in [5, 5.41) is 6.46. The van der Waals surface area contributed by atoms with Gasteiger partial charge in [-0.1, -0.05) is 25.3 Å². The molecule has 2 heterocycles. The van der Waals surface area contributed by atoms with Crippen molar-refractivity contribution >= 4 is 22.9 Å². The fraction of sp³-hybridized carbons (Fsp3) is 0.583. The van der Waals surface area contributed by atoms with Gasteiger partial charge in [-0.25, -0.2) is 4.98 Å². The highest BCUT2D eigenvalue weighted by Gasteiger charge is 2.36. The highest BCUT2D eigenvalue weighted by molar-refractivity contribution is 7.12. The number of rotatable bonds is 5. The van der Waals surface area contributed by atoms with Crippen molar-refractivity contribution in [1.82, 2.24) is 19.9 Å². The molecule has 2 rings (SSSR count). The lowest BCUT2D eigenvalue weighted by atomic mass is 10.1. The van der Waals surface area contributed by atoms with E-state index >= 15 is 0 Å². The minimum atomic E-state index is -4.41.